The first-order valence-electron chi connectivity index (χ1n) is 5.17. The van der Waals surface area contributed by atoms with Crippen LogP contribution >= 0.6 is 0 Å². The van der Waals surface area contributed by atoms with Crippen LogP contribution in [0.2, 0.25) is 0 Å². The van der Waals surface area contributed by atoms with Crippen LogP contribution in [0.3, 0.4) is 0 Å². The molecule has 0 bridgehead atoms. The molecule has 84 valence electrons. The first-order chi connectivity index (χ1) is 7.27. The Hall–Kier alpha value is -1.06. The molecule has 1 unspecified atom stereocenters. The fourth-order valence-electron chi connectivity index (χ4n) is 1.26. The maximum atomic E-state index is 5.47. The predicted octanol–water partition coefficient (Wildman–Crippen LogP) is 1.99. The number of nitrogens with one attached hydrogen (secondary N) is 1. The van der Waals surface area contributed by atoms with Gasteiger partial charge >= 0.3 is 0 Å². The monoisotopic (exact) mass is 209 g/mol. The predicted molar refractivity (Wildman–Crippen MR) is 61.3 cm³/mol. The SMILES string of the molecule is CNC(C)c1ccc(OCCOC)cc1. The van der Waals surface area contributed by atoms with Gasteiger partial charge in [-0.1, -0.05) is 12.1 Å². The van der Waals surface area contributed by atoms with Crippen LogP contribution in [0.5, 0.6) is 5.75 Å². The molecular formula is C12H19NO2. The second-order valence-corrected chi connectivity index (χ2v) is 3.42. The van der Waals surface area contributed by atoms with Gasteiger partial charge in [0.2, 0.25) is 0 Å². The summed E-state index contributed by atoms with van der Waals surface area (Å²) in [6, 6.07) is 8.49. The largest absolute Gasteiger partial charge is 0.491 e. The molecule has 0 radical (unpaired) electrons. The highest BCUT2D eigenvalue weighted by atomic mass is 16.5. The van der Waals surface area contributed by atoms with E-state index in [1.165, 1.54) is 5.56 Å². The summed E-state index contributed by atoms with van der Waals surface area (Å²) >= 11 is 0. The van der Waals surface area contributed by atoms with Crippen molar-refractivity contribution >= 4 is 0 Å². The third kappa shape index (κ3) is 3.90. The number of hydrogen-bond acceptors (Lipinski definition) is 3. The van der Waals surface area contributed by atoms with Crippen LogP contribution in [0.4, 0.5) is 0 Å². The number of hydrogen-bond donors (Lipinski definition) is 1. The Labute approximate surface area is 91.4 Å². The van der Waals surface area contributed by atoms with Crippen LogP contribution in [0.15, 0.2) is 24.3 Å². The molecule has 0 fully saturated rings. The van der Waals surface area contributed by atoms with Crippen molar-refractivity contribution < 1.29 is 9.47 Å². The summed E-state index contributed by atoms with van der Waals surface area (Å²) in [5.41, 5.74) is 1.26. The summed E-state index contributed by atoms with van der Waals surface area (Å²) in [6.07, 6.45) is 0. The van der Waals surface area contributed by atoms with Crippen LogP contribution in [0.25, 0.3) is 0 Å². The smallest absolute Gasteiger partial charge is 0.119 e. The lowest BCUT2D eigenvalue weighted by atomic mass is 10.1. The Morgan fingerprint density at radius 1 is 1.20 bits per heavy atom. The zero-order valence-electron chi connectivity index (χ0n) is 9.62. The van der Waals surface area contributed by atoms with Gasteiger partial charge in [0.25, 0.3) is 0 Å². The van der Waals surface area contributed by atoms with Gasteiger partial charge in [-0.2, -0.15) is 0 Å². The molecule has 1 aromatic carbocycles. The summed E-state index contributed by atoms with van der Waals surface area (Å²) in [7, 11) is 3.62. The van der Waals surface area contributed by atoms with E-state index in [1.807, 2.05) is 19.2 Å². The Balaban J connectivity index is 2.49. The summed E-state index contributed by atoms with van der Waals surface area (Å²) < 4.78 is 10.4. The van der Waals surface area contributed by atoms with E-state index in [2.05, 4.69) is 24.4 Å². The molecule has 3 nitrogen and oxygen atoms in total. The molecular weight excluding hydrogens is 190 g/mol. The molecule has 1 aromatic rings. The molecule has 15 heavy (non-hydrogen) atoms. The highest BCUT2D eigenvalue weighted by Gasteiger charge is 2.01. The third-order valence-corrected chi connectivity index (χ3v) is 2.37. The highest BCUT2D eigenvalue weighted by Crippen LogP contribution is 2.16. The van der Waals surface area contributed by atoms with Crippen LogP contribution < -0.4 is 10.1 Å². The molecule has 0 heterocycles. The van der Waals surface area contributed by atoms with E-state index in [0.29, 0.717) is 19.3 Å². The maximum absolute atomic E-state index is 5.47. The molecule has 0 aliphatic heterocycles. The standard InChI is InChI=1S/C12H19NO2/c1-10(13-2)11-4-6-12(7-5-11)15-9-8-14-3/h4-7,10,13H,8-9H2,1-3H3. The van der Waals surface area contributed by atoms with E-state index in [1.54, 1.807) is 7.11 Å². The average Bonchev–Trinajstić information content (AvgIpc) is 2.29. The third-order valence-electron chi connectivity index (χ3n) is 2.37. The fraction of sp³-hybridized carbons (Fsp3) is 0.500. The van der Waals surface area contributed by atoms with Gasteiger partial charge in [-0.3, -0.25) is 0 Å². The van der Waals surface area contributed by atoms with E-state index in [-0.39, 0.29) is 0 Å². The van der Waals surface area contributed by atoms with Gasteiger partial charge in [0.1, 0.15) is 12.4 Å². The zero-order valence-corrected chi connectivity index (χ0v) is 9.62. The van der Waals surface area contributed by atoms with Crippen molar-refractivity contribution in [1.29, 1.82) is 0 Å². The lowest BCUT2D eigenvalue weighted by Gasteiger charge is -2.11. The summed E-state index contributed by atoms with van der Waals surface area (Å²) in [5.74, 6) is 0.888. The van der Waals surface area contributed by atoms with Crippen molar-refractivity contribution in [2.45, 2.75) is 13.0 Å². The van der Waals surface area contributed by atoms with Crippen LogP contribution in [-0.2, 0) is 4.74 Å². The van der Waals surface area contributed by atoms with Crippen molar-refractivity contribution in [2.75, 3.05) is 27.4 Å². The van der Waals surface area contributed by atoms with Crippen molar-refractivity contribution in [3.63, 3.8) is 0 Å². The van der Waals surface area contributed by atoms with Gasteiger partial charge in [-0.25, -0.2) is 0 Å². The number of ether oxygens (including phenoxy) is 2. The molecule has 0 saturated carbocycles. The first-order valence-corrected chi connectivity index (χ1v) is 5.17. The molecule has 0 aliphatic rings. The van der Waals surface area contributed by atoms with Crippen molar-refractivity contribution in [2.24, 2.45) is 0 Å². The van der Waals surface area contributed by atoms with Crippen molar-refractivity contribution in [3.8, 4) is 5.75 Å². The van der Waals surface area contributed by atoms with Gasteiger partial charge in [0, 0.05) is 13.2 Å². The summed E-state index contributed by atoms with van der Waals surface area (Å²) in [5, 5.41) is 3.19. The minimum absolute atomic E-state index is 0.373. The number of methoxy groups -OCH3 is 1. The van der Waals surface area contributed by atoms with Crippen molar-refractivity contribution in [1.82, 2.24) is 5.32 Å². The minimum atomic E-state index is 0.373. The van der Waals surface area contributed by atoms with Gasteiger partial charge in [-0.15, -0.1) is 0 Å². The lowest BCUT2D eigenvalue weighted by molar-refractivity contribution is 0.146. The van der Waals surface area contributed by atoms with E-state index < -0.39 is 0 Å². The molecule has 0 amide bonds. The normalized spacial score (nSPS) is 12.5. The van der Waals surface area contributed by atoms with Gasteiger partial charge in [-0.05, 0) is 31.7 Å². The Morgan fingerprint density at radius 2 is 1.87 bits per heavy atom. The van der Waals surface area contributed by atoms with Crippen molar-refractivity contribution in [3.05, 3.63) is 29.8 Å². The molecule has 1 rings (SSSR count). The van der Waals surface area contributed by atoms with Crippen LogP contribution in [-0.4, -0.2) is 27.4 Å². The number of rotatable bonds is 6. The van der Waals surface area contributed by atoms with Crippen LogP contribution in [0, 0.1) is 0 Å². The second kappa shape index (κ2) is 6.43. The Kier molecular flexibility index (Phi) is 5.15. The molecule has 0 aromatic heterocycles. The van der Waals surface area contributed by atoms with Gasteiger partial charge in [0.15, 0.2) is 0 Å². The quantitative estimate of drug-likeness (QED) is 0.727. The number of benzene rings is 1. The topological polar surface area (TPSA) is 30.5 Å². The van der Waals surface area contributed by atoms with Gasteiger partial charge in [0.05, 0.1) is 6.61 Å². The van der Waals surface area contributed by atoms with E-state index in [4.69, 9.17) is 9.47 Å². The van der Waals surface area contributed by atoms with Gasteiger partial charge < -0.3 is 14.8 Å². The lowest BCUT2D eigenvalue weighted by Crippen LogP contribution is -2.12. The molecule has 0 saturated heterocycles. The highest BCUT2D eigenvalue weighted by molar-refractivity contribution is 5.28. The zero-order chi connectivity index (χ0) is 11.1. The average molecular weight is 209 g/mol. The van der Waals surface area contributed by atoms with Crippen LogP contribution in [0.1, 0.15) is 18.5 Å². The minimum Gasteiger partial charge on any atom is -0.491 e. The fourth-order valence-corrected chi connectivity index (χ4v) is 1.26. The molecule has 1 atom stereocenters. The molecule has 1 N–H and O–H groups in total. The molecule has 0 spiro atoms. The summed E-state index contributed by atoms with van der Waals surface area (Å²) in [6.45, 7) is 3.34. The second-order valence-electron chi connectivity index (χ2n) is 3.42. The Morgan fingerprint density at radius 3 is 2.40 bits per heavy atom. The summed E-state index contributed by atoms with van der Waals surface area (Å²) in [4.78, 5) is 0. The maximum Gasteiger partial charge on any atom is 0.119 e. The van der Waals surface area contributed by atoms with E-state index in [9.17, 15) is 0 Å². The van der Waals surface area contributed by atoms with E-state index >= 15 is 0 Å². The Bertz CT molecular complexity index is 271. The van der Waals surface area contributed by atoms with E-state index in [0.717, 1.165) is 5.75 Å². The first kappa shape index (κ1) is 12.0. The molecule has 3 heteroatoms. The molecule has 0 aliphatic carbocycles.